The van der Waals surface area contributed by atoms with E-state index in [4.69, 9.17) is 4.74 Å². The van der Waals surface area contributed by atoms with Gasteiger partial charge in [-0.1, -0.05) is 19.1 Å². The van der Waals surface area contributed by atoms with E-state index < -0.39 is 0 Å². The van der Waals surface area contributed by atoms with Crippen LogP contribution in [-0.2, 0) is 0 Å². The molecule has 0 radical (unpaired) electrons. The number of hydrogen-bond acceptors (Lipinski definition) is 3. The van der Waals surface area contributed by atoms with Crippen LogP contribution in [0.25, 0.3) is 0 Å². The fourth-order valence-electron chi connectivity index (χ4n) is 2.93. The summed E-state index contributed by atoms with van der Waals surface area (Å²) in [6.45, 7) is 7.31. The molecule has 0 aliphatic heterocycles. The molecule has 19 heavy (non-hydrogen) atoms. The molecular formula is C16H25NO2. The molecule has 1 saturated carbocycles. The molecule has 1 aliphatic rings. The Bertz CT molecular complexity index is 433. The molecular weight excluding hydrogens is 238 g/mol. The van der Waals surface area contributed by atoms with Crippen molar-refractivity contribution in [2.75, 3.05) is 13.2 Å². The molecule has 2 atom stereocenters. The lowest BCUT2D eigenvalue weighted by molar-refractivity contribution is 0.141. The zero-order valence-electron chi connectivity index (χ0n) is 12.2. The quantitative estimate of drug-likeness (QED) is 0.858. The van der Waals surface area contributed by atoms with Gasteiger partial charge in [0.1, 0.15) is 11.9 Å². The normalized spacial score (nSPS) is 26.6. The second-order valence-corrected chi connectivity index (χ2v) is 5.72. The van der Waals surface area contributed by atoms with Crippen molar-refractivity contribution in [1.29, 1.82) is 0 Å². The summed E-state index contributed by atoms with van der Waals surface area (Å²) in [4.78, 5) is 0. The maximum absolute atomic E-state index is 9.61. The van der Waals surface area contributed by atoms with Crippen molar-refractivity contribution < 1.29 is 9.84 Å². The Morgan fingerprint density at radius 2 is 2.21 bits per heavy atom. The van der Waals surface area contributed by atoms with Crippen molar-refractivity contribution in [1.82, 2.24) is 5.32 Å². The maximum atomic E-state index is 9.61. The molecule has 1 fully saturated rings. The summed E-state index contributed by atoms with van der Waals surface area (Å²) in [5.74, 6) is 0.982. The number of benzene rings is 1. The standard InChI is InChI=1S/C16H25NO2/c1-4-17-16(11-18)8-7-14(10-16)19-15-9-12(2)5-6-13(15)3/h5-6,9,14,17-18H,4,7-8,10-11H2,1-3H3. The lowest BCUT2D eigenvalue weighted by Gasteiger charge is -2.28. The van der Waals surface area contributed by atoms with E-state index in [1.54, 1.807) is 0 Å². The zero-order chi connectivity index (χ0) is 13.9. The van der Waals surface area contributed by atoms with Crippen LogP contribution in [0.15, 0.2) is 18.2 Å². The summed E-state index contributed by atoms with van der Waals surface area (Å²) in [5.41, 5.74) is 2.26. The van der Waals surface area contributed by atoms with Crippen LogP contribution in [0.2, 0.25) is 0 Å². The van der Waals surface area contributed by atoms with Crippen molar-refractivity contribution in [2.45, 2.75) is 51.7 Å². The van der Waals surface area contributed by atoms with Crippen LogP contribution < -0.4 is 10.1 Å². The first kappa shape index (κ1) is 14.4. The summed E-state index contributed by atoms with van der Waals surface area (Å²) in [5, 5.41) is 13.0. The summed E-state index contributed by atoms with van der Waals surface area (Å²) in [6, 6.07) is 6.30. The van der Waals surface area contributed by atoms with Crippen molar-refractivity contribution >= 4 is 0 Å². The first-order chi connectivity index (χ1) is 9.08. The van der Waals surface area contributed by atoms with Crippen LogP contribution >= 0.6 is 0 Å². The molecule has 0 heterocycles. The SMILES string of the molecule is CCNC1(CO)CCC(Oc2cc(C)ccc2C)C1. The predicted molar refractivity (Wildman–Crippen MR) is 77.7 cm³/mol. The lowest BCUT2D eigenvalue weighted by Crippen LogP contribution is -2.46. The van der Waals surface area contributed by atoms with E-state index in [2.05, 4.69) is 44.3 Å². The van der Waals surface area contributed by atoms with Gasteiger partial charge < -0.3 is 15.2 Å². The number of aliphatic hydroxyl groups excluding tert-OH is 1. The zero-order valence-corrected chi connectivity index (χ0v) is 12.2. The monoisotopic (exact) mass is 263 g/mol. The van der Waals surface area contributed by atoms with E-state index in [1.165, 1.54) is 11.1 Å². The number of rotatable bonds is 5. The van der Waals surface area contributed by atoms with Gasteiger partial charge in [0.2, 0.25) is 0 Å². The molecule has 0 saturated heterocycles. The lowest BCUT2D eigenvalue weighted by atomic mass is 9.99. The largest absolute Gasteiger partial charge is 0.490 e. The highest BCUT2D eigenvalue weighted by molar-refractivity contribution is 5.36. The highest BCUT2D eigenvalue weighted by Gasteiger charge is 2.39. The molecule has 0 bridgehead atoms. The predicted octanol–water partition coefficient (Wildman–Crippen LogP) is 2.58. The maximum Gasteiger partial charge on any atom is 0.122 e. The average Bonchev–Trinajstić information content (AvgIpc) is 2.78. The van der Waals surface area contributed by atoms with Gasteiger partial charge in [-0.2, -0.15) is 0 Å². The van der Waals surface area contributed by atoms with Crippen LogP contribution in [-0.4, -0.2) is 29.9 Å². The molecule has 1 aliphatic carbocycles. The van der Waals surface area contributed by atoms with E-state index in [9.17, 15) is 5.11 Å². The van der Waals surface area contributed by atoms with Gasteiger partial charge in [-0.25, -0.2) is 0 Å². The first-order valence-corrected chi connectivity index (χ1v) is 7.18. The number of hydrogen-bond donors (Lipinski definition) is 2. The van der Waals surface area contributed by atoms with Crippen molar-refractivity contribution in [3.8, 4) is 5.75 Å². The number of likely N-dealkylation sites (N-methyl/N-ethyl adjacent to an activating group) is 1. The molecule has 1 aromatic rings. The topological polar surface area (TPSA) is 41.5 Å². The highest BCUT2D eigenvalue weighted by atomic mass is 16.5. The first-order valence-electron chi connectivity index (χ1n) is 7.18. The summed E-state index contributed by atoms with van der Waals surface area (Å²) in [6.07, 6.45) is 3.06. The molecule has 0 aromatic heterocycles. The van der Waals surface area contributed by atoms with Gasteiger partial charge in [0, 0.05) is 12.0 Å². The molecule has 0 spiro atoms. The number of nitrogens with one attached hydrogen (secondary N) is 1. The minimum absolute atomic E-state index is 0.142. The van der Waals surface area contributed by atoms with Crippen molar-refractivity contribution in [3.63, 3.8) is 0 Å². The second kappa shape index (κ2) is 5.93. The van der Waals surface area contributed by atoms with E-state index in [0.29, 0.717) is 0 Å². The fraction of sp³-hybridized carbons (Fsp3) is 0.625. The van der Waals surface area contributed by atoms with E-state index >= 15 is 0 Å². The molecule has 2 rings (SSSR count). The third-order valence-corrected chi connectivity index (χ3v) is 4.05. The van der Waals surface area contributed by atoms with E-state index in [1.807, 2.05) is 0 Å². The van der Waals surface area contributed by atoms with Gasteiger partial charge in [-0.05, 0) is 50.4 Å². The molecule has 1 aromatic carbocycles. The third-order valence-electron chi connectivity index (χ3n) is 4.05. The van der Waals surface area contributed by atoms with Crippen LogP contribution in [0.3, 0.4) is 0 Å². The van der Waals surface area contributed by atoms with Crippen LogP contribution in [0, 0.1) is 13.8 Å². The minimum Gasteiger partial charge on any atom is -0.490 e. The minimum atomic E-state index is -0.142. The second-order valence-electron chi connectivity index (χ2n) is 5.72. The average molecular weight is 263 g/mol. The van der Waals surface area contributed by atoms with Gasteiger partial charge >= 0.3 is 0 Å². The van der Waals surface area contributed by atoms with Gasteiger partial charge in [-0.3, -0.25) is 0 Å². The van der Waals surface area contributed by atoms with E-state index in [-0.39, 0.29) is 18.2 Å². The Labute approximate surface area is 116 Å². The smallest absolute Gasteiger partial charge is 0.122 e. The fourth-order valence-corrected chi connectivity index (χ4v) is 2.93. The van der Waals surface area contributed by atoms with Gasteiger partial charge in [0.05, 0.1) is 6.61 Å². The van der Waals surface area contributed by atoms with Gasteiger partial charge in [0.25, 0.3) is 0 Å². The Balaban J connectivity index is 2.03. The van der Waals surface area contributed by atoms with Crippen molar-refractivity contribution in [2.24, 2.45) is 0 Å². The summed E-state index contributed by atoms with van der Waals surface area (Å²) in [7, 11) is 0. The molecule has 3 heteroatoms. The Morgan fingerprint density at radius 1 is 1.42 bits per heavy atom. The Kier molecular flexibility index (Phi) is 4.48. The number of aliphatic hydroxyl groups is 1. The van der Waals surface area contributed by atoms with Gasteiger partial charge in [-0.15, -0.1) is 0 Å². The molecule has 2 unspecified atom stereocenters. The molecule has 2 N–H and O–H groups in total. The highest BCUT2D eigenvalue weighted by Crippen LogP contribution is 2.33. The molecule has 0 amide bonds. The summed E-state index contributed by atoms with van der Waals surface area (Å²) >= 11 is 0. The number of ether oxygens (including phenoxy) is 1. The van der Waals surface area contributed by atoms with E-state index in [0.717, 1.165) is 31.6 Å². The third kappa shape index (κ3) is 3.28. The number of aryl methyl sites for hydroxylation is 2. The molecule has 3 nitrogen and oxygen atoms in total. The van der Waals surface area contributed by atoms with Crippen LogP contribution in [0.4, 0.5) is 0 Å². The van der Waals surface area contributed by atoms with Crippen LogP contribution in [0.5, 0.6) is 5.75 Å². The Hall–Kier alpha value is -1.06. The Morgan fingerprint density at radius 3 is 2.89 bits per heavy atom. The molecule has 106 valence electrons. The summed E-state index contributed by atoms with van der Waals surface area (Å²) < 4.78 is 6.14. The van der Waals surface area contributed by atoms with Crippen molar-refractivity contribution in [3.05, 3.63) is 29.3 Å². The van der Waals surface area contributed by atoms with Crippen LogP contribution in [0.1, 0.15) is 37.3 Å². The van der Waals surface area contributed by atoms with Gasteiger partial charge in [0.15, 0.2) is 0 Å².